The van der Waals surface area contributed by atoms with Gasteiger partial charge in [0.1, 0.15) is 11.4 Å². The summed E-state index contributed by atoms with van der Waals surface area (Å²) in [5.41, 5.74) is 0.966. The minimum Gasteiger partial charge on any atom is -0.406 e. The maximum atomic E-state index is 12.4. The maximum Gasteiger partial charge on any atom is 0.573 e. The van der Waals surface area contributed by atoms with Gasteiger partial charge in [0, 0.05) is 18.4 Å². The second-order valence-corrected chi connectivity index (χ2v) is 4.97. The molecule has 1 aromatic carbocycles. The third kappa shape index (κ3) is 3.44. The first-order chi connectivity index (χ1) is 10.3. The fraction of sp³-hybridized carbons (Fsp3) is 0.286. The Kier molecular flexibility index (Phi) is 4.60. The number of carbonyl (C=O) groups is 1. The standard InChI is InChI=1S/C14H12F3N3O2.H2S/c1-9-8-19(13(21)12-6-7-18-20(9)12)10-2-4-11(5-3-10)22-14(15,16)17;/h2-7,9H,8H2,1H3;1H2/t9-;/m0./s1. The summed E-state index contributed by atoms with van der Waals surface area (Å²) in [6, 6.07) is 6.83. The Labute approximate surface area is 137 Å². The summed E-state index contributed by atoms with van der Waals surface area (Å²) in [5.74, 6) is -0.557. The van der Waals surface area contributed by atoms with Gasteiger partial charge in [-0.05, 0) is 37.3 Å². The van der Waals surface area contributed by atoms with Crippen molar-refractivity contribution in [2.75, 3.05) is 11.4 Å². The van der Waals surface area contributed by atoms with Gasteiger partial charge in [0.25, 0.3) is 5.91 Å². The van der Waals surface area contributed by atoms with Crippen LogP contribution in [0.15, 0.2) is 36.5 Å². The highest BCUT2D eigenvalue weighted by atomic mass is 32.1. The van der Waals surface area contributed by atoms with Crippen LogP contribution < -0.4 is 9.64 Å². The molecule has 0 N–H and O–H groups in total. The zero-order chi connectivity index (χ0) is 15.9. The van der Waals surface area contributed by atoms with Gasteiger partial charge in [-0.15, -0.1) is 13.2 Å². The Balaban J connectivity index is 0.00000192. The van der Waals surface area contributed by atoms with Crippen LogP contribution in [0, 0.1) is 0 Å². The van der Waals surface area contributed by atoms with E-state index in [1.54, 1.807) is 16.9 Å². The number of fused-ring (bicyclic) bond motifs is 1. The van der Waals surface area contributed by atoms with E-state index in [-0.39, 0.29) is 31.2 Å². The van der Waals surface area contributed by atoms with Crippen LogP contribution in [0.5, 0.6) is 5.75 Å². The lowest BCUT2D eigenvalue weighted by atomic mass is 10.1. The van der Waals surface area contributed by atoms with E-state index in [2.05, 4.69) is 9.84 Å². The van der Waals surface area contributed by atoms with Crippen molar-refractivity contribution in [1.29, 1.82) is 0 Å². The van der Waals surface area contributed by atoms with Gasteiger partial charge < -0.3 is 9.64 Å². The van der Waals surface area contributed by atoms with Crippen LogP contribution in [0.1, 0.15) is 23.5 Å². The quantitative estimate of drug-likeness (QED) is 0.840. The fourth-order valence-corrected chi connectivity index (χ4v) is 2.45. The number of ether oxygens (including phenoxy) is 1. The lowest BCUT2D eigenvalue weighted by Crippen LogP contribution is -2.42. The summed E-state index contributed by atoms with van der Waals surface area (Å²) in [7, 11) is 0. The van der Waals surface area contributed by atoms with Crippen molar-refractivity contribution in [1.82, 2.24) is 9.78 Å². The number of aromatic nitrogens is 2. The van der Waals surface area contributed by atoms with E-state index in [4.69, 9.17) is 0 Å². The largest absolute Gasteiger partial charge is 0.573 e. The second-order valence-electron chi connectivity index (χ2n) is 4.97. The van der Waals surface area contributed by atoms with Crippen LogP contribution in [0.2, 0.25) is 0 Å². The number of rotatable bonds is 2. The monoisotopic (exact) mass is 345 g/mol. The number of amides is 1. The molecule has 9 heteroatoms. The van der Waals surface area contributed by atoms with E-state index in [1.807, 2.05) is 6.92 Å². The third-order valence-electron chi connectivity index (χ3n) is 3.38. The number of halogens is 3. The molecule has 23 heavy (non-hydrogen) atoms. The lowest BCUT2D eigenvalue weighted by molar-refractivity contribution is -0.274. The molecule has 2 aromatic rings. The average Bonchev–Trinajstić information content (AvgIpc) is 2.92. The minimum absolute atomic E-state index is 0. The van der Waals surface area contributed by atoms with E-state index >= 15 is 0 Å². The van der Waals surface area contributed by atoms with Crippen molar-refractivity contribution in [3.8, 4) is 5.75 Å². The van der Waals surface area contributed by atoms with Gasteiger partial charge in [-0.1, -0.05) is 0 Å². The summed E-state index contributed by atoms with van der Waals surface area (Å²) in [5, 5.41) is 4.09. The smallest absolute Gasteiger partial charge is 0.406 e. The predicted octanol–water partition coefficient (Wildman–Crippen LogP) is 3.12. The number of carbonyl (C=O) groups excluding carboxylic acids is 1. The van der Waals surface area contributed by atoms with Crippen LogP contribution in [0.25, 0.3) is 0 Å². The minimum atomic E-state index is -4.73. The number of benzene rings is 1. The Hall–Kier alpha value is -2.16. The zero-order valence-corrected chi connectivity index (χ0v) is 13.0. The van der Waals surface area contributed by atoms with Gasteiger partial charge >= 0.3 is 6.36 Å². The molecule has 0 bridgehead atoms. The highest BCUT2D eigenvalue weighted by Crippen LogP contribution is 2.29. The molecule has 1 aliphatic rings. The molecule has 0 saturated carbocycles. The summed E-state index contributed by atoms with van der Waals surface area (Å²) >= 11 is 0. The van der Waals surface area contributed by atoms with Crippen molar-refractivity contribution < 1.29 is 22.7 Å². The van der Waals surface area contributed by atoms with Crippen molar-refractivity contribution in [3.05, 3.63) is 42.2 Å². The molecular formula is C14H14F3N3O2S. The molecule has 124 valence electrons. The van der Waals surface area contributed by atoms with Crippen LogP contribution in [0.3, 0.4) is 0 Å². The van der Waals surface area contributed by atoms with E-state index in [9.17, 15) is 18.0 Å². The SMILES string of the molecule is C[C@H]1CN(c2ccc(OC(F)(F)F)cc2)C(=O)c2ccnn21.S. The summed E-state index contributed by atoms with van der Waals surface area (Å²) < 4.78 is 41.9. The molecule has 1 amide bonds. The van der Waals surface area contributed by atoms with Crippen LogP contribution in [-0.2, 0) is 0 Å². The van der Waals surface area contributed by atoms with Gasteiger partial charge in [-0.25, -0.2) is 0 Å². The fourth-order valence-electron chi connectivity index (χ4n) is 2.45. The molecule has 2 heterocycles. The van der Waals surface area contributed by atoms with Crippen molar-refractivity contribution in [2.45, 2.75) is 19.3 Å². The van der Waals surface area contributed by atoms with Gasteiger partial charge in [-0.3, -0.25) is 9.48 Å². The highest BCUT2D eigenvalue weighted by Gasteiger charge is 2.32. The number of alkyl halides is 3. The molecule has 1 atom stereocenters. The molecular weight excluding hydrogens is 331 g/mol. The maximum absolute atomic E-state index is 12.4. The average molecular weight is 345 g/mol. The van der Waals surface area contributed by atoms with Crippen LogP contribution in [0.4, 0.5) is 18.9 Å². The summed E-state index contributed by atoms with van der Waals surface area (Å²) in [6.07, 6.45) is -3.18. The van der Waals surface area contributed by atoms with Gasteiger partial charge in [-0.2, -0.15) is 18.6 Å². The summed E-state index contributed by atoms with van der Waals surface area (Å²) in [6.45, 7) is 2.31. The molecule has 0 fully saturated rings. The first-order valence-corrected chi connectivity index (χ1v) is 6.56. The molecule has 3 rings (SSSR count). The Morgan fingerprint density at radius 1 is 1.22 bits per heavy atom. The molecule has 0 saturated heterocycles. The number of hydrogen-bond donors (Lipinski definition) is 0. The van der Waals surface area contributed by atoms with E-state index < -0.39 is 6.36 Å². The van der Waals surface area contributed by atoms with Crippen molar-refractivity contribution in [2.24, 2.45) is 0 Å². The molecule has 0 spiro atoms. The topological polar surface area (TPSA) is 47.4 Å². The van der Waals surface area contributed by atoms with Crippen molar-refractivity contribution in [3.63, 3.8) is 0 Å². The molecule has 0 aliphatic carbocycles. The lowest BCUT2D eigenvalue weighted by Gasteiger charge is -2.31. The number of nitrogens with zero attached hydrogens (tertiary/aromatic N) is 3. The number of hydrogen-bond acceptors (Lipinski definition) is 3. The normalized spacial score (nSPS) is 17.5. The van der Waals surface area contributed by atoms with E-state index in [0.29, 0.717) is 17.9 Å². The van der Waals surface area contributed by atoms with Crippen LogP contribution in [-0.4, -0.2) is 28.6 Å². The zero-order valence-electron chi connectivity index (χ0n) is 12.0. The Morgan fingerprint density at radius 3 is 2.48 bits per heavy atom. The van der Waals surface area contributed by atoms with Gasteiger partial charge in [0.2, 0.25) is 0 Å². The first kappa shape index (κ1) is 17.2. The molecule has 0 unspecified atom stereocenters. The van der Waals surface area contributed by atoms with Gasteiger partial charge in [0.05, 0.1) is 6.04 Å². The summed E-state index contributed by atoms with van der Waals surface area (Å²) in [4.78, 5) is 13.9. The first-order valence-electron chi connectivity index (χ1n) is 6.56. The van der Waals surface area contributed by atoms with Crippen LogP contribution >= 0.6 is 13.5 Å². The number of anilines is 1. The predicted molar refractivity (Wildman–Crippen MR) is 82.1 cm³/mol. The molecule has 1 aliphatic heterocycles. The second kappa shape index (κ2) is 6.15. The Bertz CT molecular complexity index is 700. The molecule has 1 aromatic heterocycles. The van der Waals surface area contributed by atoms with Gasteiger partial charge in [0.15, 0.2) is 0 Å². The van der Waals surface area contributed by atoms with E-state index in [0.717, 1.165) is 0 Å². The van der Waals surface area contributed by atoms with Crippen molar-refractivity contribution >= 4 is 25.1 Å². The molecule has 0 radical (unpaired) electrons. The molecule has 5 nitrogen and oxygen atoms in total. The van der Waals surface area contributed by atoms with E-state index in [1.165, 1.54) is 29.2 Å². The highest BCUT2D eigenvalue weighted by molar-refractivity contribution is 7.59. The third-order valence-corrected chi connectivity index (χ3v) is 3.38. The Morgan fingerprint density at radius 2 is 1.87 bits per heavy atom.